The number of rotatable bonds is 8. The molecule has 1 fully saturated rings. The average Bonchev–Trinajstić information content (AvgIpc) is 3.13. The lowest BCUT2D eigenvalue weighted by molar-refractivity contribution is 0.0947. The Morgan fingerprint density at radius 2 is 2.38 bits per heavy atom. The van der Waals surface area contributed by atoms with Gasteiger partial charge in [-0.25, -0.2) is 8.42 Å². The molecule has 1 unspecified atom stereocenters. The SMILES string of the molecule is CCN(CC1CCCO1)S(=O)(=O)c1cnn(CCNC)c1. The number of nitrogens with zero attached hydrogens (tertiary/aromatic N) is 3. The summed E-state index contributed by atoms with van der Waals surface area (Å²) in [6.07, 6.45) is 4.95. The summed E-state index contributed by atoms with van der Waals surface area (Å²) in [6, 6.07) is 0. The predicted octanol–water partition coefficient (Wildman–Crippen LogP) is 0.292. The molecule has 0 saturated carbocycles. The fourth-order valence-corrected chi connectivity index (χ4v) is 3.82. The van der Waals surface area contributed by atoms with Crippen LogP contribution in [0.15, 0.2) is 17.3 Å². The normalized spacial score (nSPS) is 19.5. The van der Waals surface area contributed by atoms with Crippen molar-refractivity contribution < 1.29 is 13.2 Å². The Morgan fingerprint density at radius 1 is 1.57 bits per heavy atom. The third kappa shape index (κ3) is 4.03. The van der Waals surface area contributed by atoms with Crippen LogP contribution in [0.3, 0.4) is 0 Å². The second-order valence-corrected chi connectivity index (χ2v) is 7.07. The van der Waals surface area contributed by atoms with Crippen LogP contribution >= 0.6 is 0 Å². The molecule has 120 valence electrons. The van der Waals surface area contributed by atoms with E-state index in [0.29, 0.717) is 19.6 Å². The molecule has 0 bridgehead atoms. The molecule has 1 atom stereocenters. The smallest absolute Gasteiger partial charge is 0.246 e. The summed E-state index contributed by atoms with van der Waals surface area (Å²) in [5.41, 5.74) is 0. The van der Waals surface area contributed by atoms with Crippen molar-refractivity contribution in [2.75, 3.05) is 33.3 Å². The maximum absolute atomic E-state index is 12.6. The molecule has 1 aromatic heterocycles. The lowest BCUT2D eigenvalue weighted by Crippen LogP contribution is -2.37. The number of hydrogen-bond donors (Lipinski definition) is 1. The zero-order valence-corrected chi connectivity index (χ0v) is 13.5. The zero-order valence-electron chi connectivity index (χ0n) is 12.7. The van der Waals surface area contributed by atoms with Gasteiger partial charge in [-0.05, 0) is 19.9 Å². The van der Waals surface area contributed by atoms with Gasteiger partial charge in [-0.1, -0.05) is 6.92 Å². The van der Waals surface area contributed by atoms with Crippen molar-refractivity contribution in [3.05, 3.63) is 12.4 Å². The van der Waals surface area contributed by atoms with Crippen molar-refractivity contribution in [2.24, 2.45) is 0 Å². The molecule has 0 radical (unpaired) electrons. The Balaban J connectivity index is 2.08. The summed E-state index contributed by atoms with van der Waals surface area (Å²) in [4.78, 5) is 0.249. The maximum atomic E-state index is 12.6. The molecule has 1 aromatic rings. The first-order chi connectivity index (χ1) is 10.1. The molecule has 8 heteroatoms. The number of ether oxygens (including phenoxy) is 1. The van der Waals surface area contributed by atoms with E-state index < -0.39 is 10.0 Å². The molecular weight excluding hydrogens is 292 g/mol. The molecule has 1 saturated heterocycles. The van der Waals surface area contributed by atoms with Gasteiger partial charge in [0.1, 0.15) is 4.90 Å². The first-order valence-electron chi connectivity index (χ1n) is 7.36. The van der Waals surface area contributed by atoms with E-state index in [2.05, 4.69) is 10.4 Å². The highest BCUT2D eigenvalue weighted by atomic mass is 32.2. The fraction of sp³-hybridized carbons (Fsp3) is 0.769. The van der Waals surface area contributed by atoms with Crippen molar-refractivity contribution in [1.29, 1.82) is 0 Å². The van der Waals surface area contributed by atoms with E-state index in [-0.39, 0.29) is 11.0 Å². The monoisotopic (exact) mass is 316 g/mol. The first-order valence-corrected chi connectivity index (χ1v) is 8.80. The zero-order chi connectivity index (χ0) is 15.3. The fourth-order valence-electron chi connectivity index (χ4n) is 2.39. The van der Waals surface area contributed by atoms with E-state index in [4.69, 9.17) is 4.74 Å². The number of likely N-dealkylation sites (N-methyl/N-ethyl adjacent to an activating group) is 2. The van der Waals surface area contributed by atoms with Crippen molar-refractivity contribution in [1.82, 2.24) is 19.4 Å². The Morgan fingerprint density at radius 3 is 3.00 bits per heavy atom. The molecule has 1 N–H and O–H groups in total. The minimum absolute atomic E-state index is 0.0130. The Bertz CT molecular complexity index is 537. The van der Waals surface area contributed by atoms with Crippen LogP contribution in [0.25, 0.3) is 0 Å². The van der Waals surface area contributed by atoms with Gasteiger partial charge in [-0.2, -0.15) is 9.40 Å². The van der Waals surface area contributed by atoms with Gasteiger partial charge < -0.3 is 10.1 Å². The number of aromatic nitrogens is 2. The van der Waals surface area contributed by atoms with E-state index in [1.54, 1.807) is 10.9 Å². The second-order valence-electron chi connectivity index (χ2n) is 5.13. The Hall–Kier alpha value is -0.960. The van der Waals surface area contributed by atoms with Crippen LogP contribution in [0, 0.1) is 0 Å². The van der Waals surface area contributed by atoms with E-state index in [1.807, 2.05) is 14.0 Å². The minimum atomic E-state index is -3.49. The van der Waals surface area contributed by atoms with Crippen molar-refractivity contribution in [2.45, 2.75) is 37.3 Å². The molecular formula is C13H24N4O3S. The molecule has 21 heavy (non-hydrogen) atoms. The van der Waals surface area contributed by atoms with Crippen LogP contribution < -0.4 is 5.32 Å². The molecule has 1 aliphatic heterocycles. The number of hydrogen-bond acceptors (Lipinski definition) is 5. The summed E-state index contributed by atoms with van der Waals surface area (Å²) in [5, 5.41) is 7.12. The van der Waals surface area contributed by atoms with Crippen molar-refractivity contribution in [3.63, 3.8) is 0 Å². The summed E-state index contributed by atoms with van der Waals surface area (Å²) in [6.45, 7) is 4.81. The van der Waals surface area contributed by atoms with Gasteiger partial charge in [0.15, 0.2) is 0 Å². The van der Waals surface area contributed by atoms with Gasteiger partial charge in [0.2, 0.25) is 10.0 Å². The third-order valence-electron chi connectivity index (χ3n) is 3.62. The van der Waals surface area contributed by atoms with Gasteiger partial charge >= 0.3 is 0 Å². The standard InChI is InChI=1S/C13H24N4O3S/c1-3-17(10-12-5-4-8-20-12)21(18,19)13-9-15-16(11-13)7-6-14-2/h9,11-12,14H,3-8,10H2,1-2H3. The summed E-state index contributed by atoms with van der Waals surface area (Å²) in [7, 11) is -1.64. The number of sulfonamides is 1. The van der Waals surface area contributed by atoms with Gasteiger partial charge in [-0.15, -0.1) is 0 Å². The molecule has 2 heterocycles. The molecule has 0 aliphatic carbocycles. The Kier molecular flexibility index (Phi) is 5.74. The third-order valence-corrected chi connectivity index (χ3v) is 5.52. The van der Waals surface area contributed by atoms with E-state index in [1.165, 1.54) is 10.5 Å². The van der Waals surface area contributed by atoms with Crippen LogP contribution in [-0.4, -0.2) is 61.9 Å². The van der Waals surface area contributed by atoms with E-state index in [0.717, 1.165) is 26.0 Å². The topological polar surface area (TPSA) is 76.5 Å². The van der Waals surface area contributed by atoms with E-state index in [9.17, 15) is 8.42 Å². The second kappa shape index (κ2) is 7.35. The van der Waals surface area contributed by atoms with Crippen LogP contribution in [0.4, 0.5) is 0 Å². The molecule has 0 aromatic carbocycles. The quantitative estimate of drug-likeness (QED) is 0.746. The number of nitrogens with one attached hydrogen (secondary N) is 1. The van der Waals surface area contributed by atoms with Crippen LogP contribution in [0.1, 0.15) is 19.8 Å². The molecule has 0 spiro atoms. The van der Waals surface area contributed by atoms with Gasteiger partial charge in [-0.3, -0.25) is 4.68 Å². The summed E-state index contributed by atoms with van der Waals surface area (Å²) >= 11 is 0. The van der Waals surface area contributed by atoms with Gasteiger partial charge in [0.05, 0.1) is 18.8 Å². The minimum Gasteiger partial charge on any atom is -0.377 e. The first kappa shape index (κ1) is 16.4. The van der Waals surface area contributed by atoms with Crippen molar-refractivity contribution in [3.8, 4) is 0 Å². The molecule has 2 rings (SSSR count). The summed E-state index contributed by atoms with van der Waals surface area (Å²) in [5.74, 6) is 0. The van der Waals surface area contributed by atoms with Crippen LogP contribution in [0.2, 0.25) is 0 Å². The van der Waals surface area contributed by atoms with Crippen molar-refractivity contribution >= 4 is 10.0 Å². The maximum Gasteiger partial charge on any atom is 0.246 e. The van der Waals surface area contributed by atoms with Crippen LogP contribution in [0.5, 0.6) is 0 Å². The van der Waals surface area contributed by atoms with E-state index >= 15 is 0 Å². The molecule has 1 aliphatic rings. The van der Waals surface area contributed by atoms with Crippen LogP contribution in [-0.2, 0) is 21.3 Å². The summed E-state index contributed by atoms with van der Waals surface area (Å²) < 4.78 is 33.9. The molecule has 7 nitrogen and oxygen atoms in total. The largest absolute Gasteiger partial charge is 0.377 e. The molecule has 0 amide bonds. The highest BCUT2D eigenvalue weighted by Crippen LogP contribution is 2.19. The highest BCUT2D eigenvalue weighted by molar-refractivity contribution is 7.89. The van der Waals surface area contributed by atoms with Gasteiger partial charge in [0.25, 0.3) is 0 Å². The Labute approximate surface area is 126 Å². The highest BCUT2D eigenvalue weighted by Gasteiger charge is 2.28. The van der Waals surface area contributed by atoms with Gasteiger partial charge in [0, 0.05) is 32.4 Å². The lowest BCUT2D eigenvalue weighted by Gasteiger charge is -2.22. The predicted molar refractivity (Wildman–Crippen MR) is 79.6 cm³/mol. The average molecular weight is 316 g/mol. The lowest BCUT2D eigenvalue weighted by atomic mass is 10.2.